The molecule has 0 radical (unpaired) electrons. The maximum atomic E-state index is 10.9. The maximum absolute atomic E-state index is 10.9. The molecule has 0 aromatic heterocycles. The molecule has 5 heteroatoms. The minimum atomic E-state index is -0.776. The molecular formula is C14H17NO4. The second kappa shape index (κ2) is 5.09. The number of carbonyl (C=O) groups is 1. The molecule has 0 amide bonds. The topological polar surface area (TPSA) is 59.0 Å². The van der Waals surface area contributed by atoms with Crippen molar-refractivity contribution in [3.8, 4) is 11.5 Å². The van der Waals surface area contributed by atoms with Gasteiger partial charge in [0, 0.05) is 13.1 Å². The van der Waals surface area contributed by atoms with E-state index in [0.717, 1.165) is 23.6 Å². The molecular weight excluding hydrogens is 246 g/mol. The summed E-state index contributed by atoms with van der Waals surface area (Å²) in [5.41, 5.74) is 1.06. The third-order valence-corrected chi connectivity index (χ3v) is 3.42. The van der Waals surface area contributed by atoms with Crippen molar-refractivity contribution in [2.45, 2.75) is 19.4 Å². The first-order valence-electron chi connectivity index (χ1n) is 6.53. The Balaban J connectivity index is 1.67. The van der Waals surface area contributed by atoms with E-state index in [1.54, 1.807) is 0 Å². The minimum absolute atomic E-state index is 0.0882. The zero-order chi connectivity index (χ0) is 13.2. The first-order chi connectivity index (χ1) is 9.20. The highest BCUT2D eigenvalue weighted by Crippen LogP contribution is 2.33. The van der Waals surface area contributed by atoms with E-state index < -0.39 is 5.97 Å². The number of hydrogen-bond acceptors (Lipinski definition) is 4. The summed E-state index contributed by atoms with van der Waals surface area (Å²) in [7, 11) is 0. The van der Waals surface area contributed by atoms with Gasteiger partial charge in [-0.05, 0) is 36.5 Å². The molecule has 1 aromatic carbocycles. The van der Waals surface area contributed by atoms with Gasteiger partial charge in [-0.3, -0.25) is 9.69 Å². The van der Waals surface area contributed by atoms with Gasteiger partial charge in [0.25, 0.3) is 0 Å². The highest BCUT2D eigenvalue weighted by molar-refractivity contribution is 5.69. The number of benzene rings is 1. The van der Waals surface area contributed by atoms with E-state index in [0.29, 0.717) is 12.5 Å². The van der Waals surface area contributed by atoms with Gasteiger partial charge in [0.15, 0.2) is 11.5 Å². The van der Waals surface area contributed by atoms with Gasteiger partial charge in [0.1, 0.15) is 0 Å². The van der Waals surface area contributed by atoms with Crippen LogP contribution in [-0.2, 0) is 11.3 Å². The SMILES string of the molecule is O=C(O)CN(Cc1ccc2c(c1)OCO2)CC1CC1. The molecule has 19 heavy (non-hydrogen) atoms. The molecule has 2 aliphatic rings. The fourth-order valence-corrected chi connectivity index (χ4v) is 2.34. The molecule has 0 unspecified atom stereocenters. The molecule has 0 saturated heterocycles. The molecule has 1 aliphatic heterocycles. The van der Waals surface area contributed by atoms with Crippen LogP contribution in [0.4, 0.5) is 0 Å². The molecule has 1 aromatic rings. The van der Waals surface area contributed by atoms with Crippen molar-refractivity contribution in [2.24, 2.45) is 5.92 Å². The minimum Gasteiger partial charge on any atom is -0.480 e. The molecule has 3 rings (SSSR count). The van der Waals surface area contributed by atoms with E-state index in [9.17, 15) is 4.79 Å². The fraction of sp³-hybridized carbons (Fsp3) is 0.500. The van der Waals surface area contributed by atoms with Crippen LogP contribution < -0.4 is 9.47 Å². The lowest BCUT2D eigenvalue weighted by molar-refractivity contribution is -0.138. The Morgan fingerprint density at radius 2 is 2.11 bits per heavy atom. The molecule has 1 fully saturated rings. The van der Waals surface area contributed by atoms with Gasteiger partial charge in [-0.25, -0.2) is 0 Å². The molecule has 1 aliphatic carbocycles. The van der Waals surface area contributed by atoms with Crippen LogP contribution in [0, 0.1) is 5.92 Å². The van der Waals surface area contributed by atoms with Gasteiger partial charge in [0.05, 0.1) is 6.54 Å². The molecule has 102 valence electrons. The number of carboxylic acids is 1. The highest BCUT2D eigenvalue weighted by atomic mass is 16.7. The van der Waals surface area contributed by atoms with Crippen molar-refractivity contribution >= 4 is 5.97 Å². The van der Waals surface area contributed by atoms with Gasteiger partial charge >= 0.3 is 5.97 Å². The summed E-state index contributed by atoms with van der Waals surface area (Å²) in [4.78, 5) is 12.9. The van der Waals surface area contributed by atoms with Crippen molar-refractivity contribution < 1.29 is 19.4 Å². The van der Waals surface area contributed by atoms with Crippen molar-refractivity contribution in [1.82, 2.24) is 4.90 Å². The summed E-state index contributed by atoms with van der Waals surface area (Å²) in [5.74, 6) is 1.41. The number of hydrogen-bond donors (Lipinski definition) is 1. The number of aliphatic carboxylic acids is 1. The second-order valence-electron chi connectivity index (χ2n) is 5.19. The Kier molecular flexibility index (Phi) is 3.29. The number of ether oxygens (including phenoxy) is 2. The van der Waals surface area contributed by atoms with E-state index in [-0.39, 0.29) is 13.3 Å². The van der Waals surface area contributed by atoms with Crippen LogP contribution in [0.3, 0.4) is 0 Å². The lowest BCUT2D eigenvalue weighted by Crippen LogP contribution is -2.31. The molecule has 1 N–H and O–H groups in total. The van der Waals surface area contributed by atoms with Gasteiger partial charge < -0.3 is 14.6 Å². The van der Waals surface area contributed by atoms with E-state index in [1.165, 1.54) is 12.8 Å². The summed E-state index contributed by atoms with van der Waals surface area (Å²) >= 11 is 0. The van der Waals surface area contributed by atoms with Gasteiger partial charge in [-0.15, -0.1) is 0 Å². The average molecular weight is 263 g/mol. The first-order valence-corrected chi connectivity index (χ1v) is 6.53. The van der Waals surface area contributed by atoms with Crippen molar-refractivity contribution in [2.75, 3.05) is 19.9 Å². The molecule has 5 nitrogen and oxygen atoms in total. The van der Waals surface area contributed by atoms with E-state index in [4.69, 9.17) is 14.6 Å². The van der Waals surface area contributed by atoms with Gasteiger partial charge in [-0.2, -0.15) is 0 Å². The Bertz CT molecular complexity index is 484. The molecule has 0 bridgehead atoms. The quantitative estimate of drug-likeness (QED) is 0.846. The zero-order valence-electron chi connectivity index (χ0n) is 10.7. The van der Waals surface area contributed by atoms with Crippen molar-refractivity contribution in [3.05, 3.63) is 23.8 Å². The smallest absolute Gasteiger partial charge is 0.317 e. The van der Waals surface area contributed by atoms with Crippen LogP contribution >= 0.6 is 0 Å². The standard InChI is InChI=1S/C14H17NO4/c16-14(17)8-15(6-10-1-2-10)7-11-3-4-12-13(5-11)19-9-18-12/h3-5,10H,1-2,6-9H2,(H,16,17). The fourth-order valence-electron chi connectivity index (χ4n) is 2.34. The van der Waals surface area contributed by atoms with Crippen LogP contribution in [0.2, 0.25) is 0 Å². The second-order valence-corrected chi connectivity index (χ2v) is 5.19. The third kappa shape index (κ3) is 3.17. The Labute approximate surface area is 111 Å². The van der Waals surface area contributed by atoms with Crippen LogP contribution in [0.5, 0.6) is 11.5 Å². The van der Waals surface area contributed by atoms with E-state index in [2.05, 4.69) is 0 Å². The summed E-state index contributed by atoms with van der Waals surface area (Å²) in [6.45, 7) is 1.85. The Morgan fingerprint density at radius 3 is 2.84 bits per heavy atom. The lowest BCUT2D eigenvalue weighted by Gasteiger charge is -2.20. The monoisotopic (exact) mass is 263 g/mol. The van der Waals surface area contributed by atoms with Crippen molar-refractivity contribution in [3.63, 3.8) is 0 Å². The Hall–Kier alpha value is -1.75. The largest absolute Gasteiger partial charge is 0.480 e. The summed E-state index contributed by atoms with van der Waals surface area (Å²) in [5, 5.41) is 8.96. The number of carboxylic acid groups (broad SMARTS) is 1. The van der Waals surface area contributed by atoms with Crippen LogP contribution in [0.15, 0.2) is 18.2 Å². The predicted molar refractivity (Wildman–Crippen MR) is 68.2 cm³/mol. The van der Waals surface area contributed by atoms with Crippen LogP contribution in [0.25, 0.3) is 0 Å². The van der Waals surface area contributed by atoms with Gasteiger partial charge in [-0.1, -0.05) is 6.07 Å². The molecule has 0 spiro atoms. The third-order valence-electron chi connectivity index (χ3n) is 3.42. The molecule has 1 heterocycles. The van der Waals surface area contributed by atoms with Crippen LogP contribution in [-0.4, -0.2) is 35.9 Å². The average Bonchev–Trinajstić information content (AvgIpc) is 3.04. The number of fused-ring (bicyclic) bond motifs is 1. The zero-order valence-corrected chi connectivity index (χ0v) is 10.7. The van der Waals surface area contributed by atoms with Crippen molar-refractivity contribution in [1.29, 1.82) is 0 Å². The predicted octanol–water partition coefficient (Wildman–Crippen LogP) is 1.71. The summed E-state index contributed by atoms with van der Waals surface area (Å²) in [6, 6.07) is 5.78. The van der Waals surface area contributed by atoms with E-state index >= 15 is 0 Å². The van der Waals surface area contributed by atoms with Gasteiger partial charge in [0.2, 0.25) is 6.79 Å². The van der Waals surface area contributed by atoms with Crippen LogP contribution in [0.1, 0.15) is 18.4 Å². The molecule has 1 saturated carbocycles. The lowest BCUT2D eigenvalue weighted by atomic mass is 10.2. The molecule has 0 atom stereocenters. The summed E-state index contributed by atoms with van der Waals surface area (Å²) in [6.07, 6.45) is 2.44. The highest BCUT2D eigenvalue weighted by Gasteiger charge is 2.25. The maximum Gasteiger partial charge on any atom is 0.317 e. The first kappa shape index (κ1) is 12.3. The summed E-state index contributed by atoms with van der Waals surface area (Å²) < 4.78 is 10.6. The normalized spacial score (nSPS) is 16.9. The van der Waals surface area contributed by atoms with E-state index in [1.807, 2.05) is 23.1 Å². The number of rotatable bonds is 6. The Morgan fingerprint density at radius 1 is 1.32 bits per heavy atom. The number of nitrogens with zero attached hydrogens (tertiary/aromatic N) is 1.